The van der Waals surface area contributed by atoms with Crippen molar-refractivity contribution in [1.29, 1.82) is 0 Å². The number of imidazole rings is 1. The molecule has 5 aromatic rings. The summed E-state index contributed by atoms with van der Waals surface area (Å²) in [4.78, 5) is 0.712. The Hall–Kier alpha value is -3.54. The summed E-state index contributed by atoms with van der Waals surface area (Å²) in [5.41, 5.74) is 11.7. The predicted octanol–water partition coefficient (Wildman–Crippen LogP) is 8.48. The normalized spacial score (nSPS) is 12.9. The molecule has 38 heavy (non-hydrogen) atoms. The van der Waals surface area contributed by atoms with Crippen molar-refractivity contribution in [1.82, 2.24) is 8.97 Å². The monoisotopic (exact) mass is 539 g/mol. The van der Waals surface area contributed by atoms with Crippen LogP contribution >= 0.6 is 23.8 Å². The average Bonchev–Trinajstić information content (AvgIpc) is 3.34. The van der Waals surface area contributed by atoms with E-state index in [-0.39, 0.29) is 0 Å². The molecule has 2 aromatic heterocycles. The molecular formula is C32H30ClN3OS. The summed E-state index contributed by atoms with van der Waals surface area (Å²) in [5.74, 6) is 0.855. The number of halogens is 1. The van der Waals surface area contributed by atoms with E-state index in [0.717, 1.165) is 59.1 Å². The minimum Gasteiger partial charge on any atom is -0.497 e. The van der Waals surface area contributed by atoms with Crippen molar-refractivity contribution < 1.29 is 4.74 Å². The quantitative estimate of drug-likeness (QED) is 0.227. The van der Waals surface area contributed by atoms with Crippen molar-refractivity contribution in [2.45, 2.75) is 39.7 Å². The van der Waals surface area contributed by atoms with Gasteiger partial charge >= 0.3 is 0 Å². The summed E-state index contributed by atoms with van der Waals surface area (Å²) >= 11 is 12.5. The van der Waals surface area contributed by atoms with Crippen LogP contribution in [0, 0.1) is 13.8 Å². The minimum absolute atomic E-state index is 0.712. The highest BCUT2D eigenvalue weighted by Gasteiger charge is 2.28. The number of hydrogen-bond donors (Lipinski definition) is 1. The maximum Gasteiger partial charge on any atom is 0.128 e. The van der Waals surface area contributed by atoms with Crippen LogP contribution in [-0.4, -0.2) is 21.1 Å². The van der Waals surface area contributed by atoms with Gasteiger partial charge in [-0.05, 0) is 97.8 Å². The van der Waals surface area contributed by atoms with Crippen molar-refractivity contribution in [3.8, 4) is 28.1 Å². The standard InChI is InChI=1S/C32H30ClN3OS/c1-20-7-6-9-27(21(20)2)34-31(38)30-29(23-10-14-24(33)15-11-23)26-8-4-5-18-35-28(19-36(30)32(26)35)22-12-16-25(37-3)17-13-22/h6-7,9-17,19H,4-5,8,18H2,1-3H3,(H,34,38). The summed E-state index contributed by atoms with van der Waals surface area (Å²) in [6, 6.07) is 22.8. The Bertz CT molecular complexity index is 1660. The van der Waals surface area contributed by atoms with E-state index in [0.29, 0.717) is 4.99 Å². The van der Waals surface area contributed by atoms with Gasteiger partial charge in [-0.1, -0.05) is 48.1 Å². The third kappa shape index (κ3) is 4.20. The second kappa shape index (κ2) is 9.97. The number of hydrogen-bond acceptors (Lipinski definition) is 2. The van der Waals surface area contributed by atoms with Gasteiger partial charge in [0, 0.05) is 34.6 Å². The molecule has 4 nitrogen and oxygen atoms in total. The van der Waals surface area contributed by atoms with Gasteiger partial charge in [0.2, 0.25) is 0 Å². The van der Waals surface area contributed by atoms with E-state index in [4.69, 9.17) is 28.6 Å². The fourth-order valence-electron chi connectivity index (χ4n) is 5.60. The third-order valence-electron chi connectivity index (χ3n) is 7.72. The molecule has 1 aliphatic rings. The summed E-state index contributed by atoms with van der Waals surface area (Å²) in [7, 11) is 1.70. The van der Waals surface area contributed by atoms with E-state index in [1.165, 1.54) is 33.6 Å². The van der Waals surface area contributed by atoms with Gasteiger partial charge < -0.3 is 14.6 Å². The zero-order chi connectivity index (χ0) is 26.4. The van der Waals surface area contributed by atoms with Crippen molar-refractivity contribution in [2.75, 3.05) is 12.4 Å². The molecule has 0 fully saturated rings. The summed E-state index contributed by atoms with van der Waals surface area (Å²) in [5, 5.41) is 4.33. The van der Waals surface area contributed by atoms with E-state index >= 15 is 0 Å². The second-order valence-electron chi connectivity index (χ2n) is 9.96. The van der Waals surface area contributed by atoms with Gasteiger partial charge in [0.25, 0.3) is 0 Å². The van der Waals surface area contributed by atoms with Gasteiger partial charge in [0.05, 0.1) is 18.5 Å². The Morgan fingerprint density at radius 3 is 2.42 bits per heavy atom. The van der Waals surface area contributed by atoms with Crippen LogP contribution in [0.1, 0.15) is 35.2 Å². The number of thiocarbonyl (C=S) groups is 1. The Morgan fingerprint density at radius 2 is 1.68 bits per heavy atom. The number of rotatable bonds is 5. The smallest absolute Gasteiger partial charge is 0.128 e. The van der Waals surface area contributed by atoms with Crippen molar-refractivity contribution in [3.63, 3.8) is 0 Å². The van der Waals surface area contributed by atoms with Gasteiger partial charge in [0.15, 0.2) is 0 Å². The molecule has 1 aliphatic heterocycles. The van der Waals surface area contributed by atoms with E-state index in [1.807, 2.05) is 24.3 Å². The fourth-order valence-corrected chi connectivity index (χ4v) is 6.03. The molecule has 0 bridgehead atoms. The Morgan fingerprint density at radius 1 is 0.947 bits per heavy atom. The van der Waals surface area contributed by atoms with Gasteiger partial charge in [-0.15, -0.1) is 0 Å². The number of nitrogens with one attached hydrogen (secondary N) is 1. The number of aryl methyl sites for hydroxylation is 3. The number of ether oxygens (including phenoxy) is 1. The van der Waals surface area contributed by atoms with Crippen LogP contribution in [0.3, 0.4) is 0 Å². The molecule has 0 spiro atoms. The summed E-state index contributed by atoms with van der Waals surface area (Å²) in [6.45, 7) is 5.23. The SMILES string of the molecule is COc1ccc(-c2cn3c(C(=S)Nc4cccc(C)c4C)c(-c4ccc(Cl)cc4)c4c3n2CCCC4)cc1. The van der Waals surface area contributed by atoms with Crippen LogP contribution in [0.25, 0.3) is 28.0 Å². The van der Waals surface area contributed by atoms with Crippen LogP contribution < -0.4 is 10.1 Å². The highest BCUT2D eigenvalue weighted by Crippen LogP contribution is 2.40. The molecule has 0 unspecified atom stereocenters. The first-order valence-corrected chi connectivity index (χ1v) is 13.8. The first-order chi connectivity index (χ1) is 18.5. The fraction of sp³-hybridized carbons (Fsp3) is 0.219. The van der Waals surface area contributed by atoms with Crippen LogP contribution in [0.5, 0.6) is 5.75 Å². The molecule has 3 aromatic carbocycles. The Balaban J connectivity index is 1.59. The molecular weight excluding hydrogens is 510 g/mol. The number of nitrogens with zero attached hydrogens (tertiary/aromatic N) is 2. The minimum atomic E-state index is 0.712. The maximum atomic E-state index is 6.29. The van der Waals surface area contributed by atoms with E-state index in [2.05, 4.69) is 76.8 Å². The van der Waals surface area contributed by atoms with E-state index in [9.17, 15) is 0 Å². The van der Waals surface area contributed by atoms with E-state index in [1.54, 1.807) is 7.11 Å². The van der Waals surface area contributed by atoms with Crippen molar-refractivity contribution >= 4 is 40.1 Å². The van der Waals surface area contributed by atoms with Crippen LogP contribution in [0.15, 0.2) is 72.9 Å². The van der Waals surface area contributed by atoms with Gasteiger partial charge in [-0.25, -0.2) is 0 Å². The lowest BCUT2D eigenvalue weighted by atomic mass is 9.98. The molecule has 0 aliphatic carbocycles. The lowest BCUT2D eigenvalue weighted by molar-refractivity contribution is 0.415. The molecule has 6 rings (SSSR count). The van der Waals surface area contributed by atoms with Gasteiger partial charge in [-0.2, -0.15) is 0 Å². The highest BCUT2D eigenvalue weighted by molar-refractivity contribution is 7.81. The first-order valence-electron chi connectivity index (χ1n) is 13.0. The second-order valence-corrected chi connectivity index (χ2v) is 10.8. The molecule has 6 heteroatoms. The molecule has 192 valence electrons. The highest BCUT2D eigenvalue weighted by atomic mass is 35.5. The van der Waals surface area contributed by atoms with E-state index < -0.39 is 0 Å². The molecule has 0 saturated heterocycles. The molecule has 0 amide bonds. The Labute approximate surface area is 233 Å². The average molecular weight is 540 g/mol. The van der Waals surface area contributed by atoms with Gasteiger partial charge in [-0.3, -0.25) is 4.40 Å². The molecule has 0 saturated carbocycles. The first kappa shape index (κ1) is 24.8. The van der Waals surface area contributed by atoms with Crippen LogP contribution in [-0.2, 0) is 13.0 Å². The van der Waals surface area contributed by atoms with Crippen LogP contribution in [0.4, 0.5) is 5.69 Å². The third-order valence-corrected chi connectivity index (χ3v) is 8.27. The Kier molecular flexibility index (Phi) is 6.50. The zero-order valence-corrected chi connectivity index (χ0v) is 23.4. The van der Waals surface area contributed by atoms with Gasteiger partial charge in [0.1, 0.15) is 16.4 Å². The van der Waals surface area contributed by atoms with Crippen molar-refractivity contribution in [3.05, 3.63) is 100 Å². The topological polar surface area (TPSA) is 30.6 Å². The van der Waals surface area contributed by atoms with Crippen LogP contribution in [0.2, 0.25) is 5.02 Å². The molecule has 3 heterocycles. The summed E-state index contributed by atoms with van der Waals surface area (Å²) in [6.07, 6.45) is 5.50. The summed E-state index contributed by atoms with van der Waals surface area (Å²) < 4.78 is 10.2. The zero-order valence-electron chi connectivity index (χ0n) is 21.8. The lowest BCUT2D eigenvalue weighted by Gasteiger charge is -2.15. The number of benzene rings is 3. The van der Waals surface area contributed by atoms with Crippen molar-refractivity contribution in [2.24, 2.45) is 0 Å². The largest absolute Gasteiger partial charge is 0.497 e. The molecule has 0 radical (unpaired) electrons. The lowest BCUT2D eigenvalue weighted by Crippen LogP contribution is -2.15. The number of aromatic nitrogens is 2. The number of methoxy groups -OCH3 is 1. The number of anilines is 1. The molecule has 1 N–H and O–H groups in total. The predicted molar refractivity (Wildman–Crippen MR) is 162 cm³/mol. The maximum absolute atomic E-state index is 6.29. The molecule has 0 atom stereocenters.